The summed E-state index contributed by atoms with van der Waals surface area (Å²) in [7, 11) is 0. The zero-order valence-electron chi connectivity index (χ0n) is 10.5. The van der Waals surface area contributed by atoms with E-state index in [0.29, 0.717) is 11.0 Å². The lowest BCUT2D eigenvalue weighted by molar-refractivity contribution is 0.246. The number of hydrogen-bond acceptors (Lipinski definition) is 2. The van der Waals surface area contributed by atoms with E-state index in [1.165, 1.54) is 6.07 Å². The molecule has 1 aliphatic heterocycles. The van der Waals surface area contributed by atoms with Crippen molar-refractivity contribution in [2.45, 2.75) is 12.5 Å². The molecule has 0 aliphatic carbocycles. The molecule has 1 aliphatic rings. The number of nitrogens with one attached hydrogen (secondary N) is 1. The van der Waals surface area contributed by atoms with Gasteiger partial charge in [-0.3, -0.25) is 0 Å². The van der Waals surface area contributed by atoms with Crippen LogP contribution in [0.5, 0.6) is 5.75 Å². The molecule has 1 heterocycles. The third-order valence-electron chi connectivity index (χ3n) is 3.22. The molecular weight excluding hydrogens is 345 g/mol. The van der Waals surface area contributed by atoms with E-state index in [-0.39, 0.29) is 11.9 Å². The van der Waals surface area contributed by atoms with Gasteiger partial charge in [-0.2, -0.15) is 0 Å². The Balaban J connectivity index is 1.62. The van der Waals surface area contributed by atoms with Crippen LogP contribution in [0.1, 0.15) is 5.56 Å². The fourth-order valence-electron chi connectivity index (χ4n) is 2.24. The van der Waals surface area contributed by atoms with E-state index in [1.807, 2.05) is 18.2 Å². The van der Waals surface area contributed by atoms with E-state index in [0.717, 1.165) is 28.4 Å². The van der Waals surface area contributed by atoms with Crippen LogP contribution in [0.15, 0.2) is 40.9 Å². The summed E-state index contributed by atoms with van der Waals surface area (Å²) >= 11 is 9.13. The number of hydrogen-bond donors (Lipinski definition) is 1. The summed E-state index contributed by atoms with van der Waals surface area (Å²) in [4.78, 5) is 0. The van der Waals surface area contributed by atoms with Crippen LogP contribution >= 0.6 is 27.5 Å². The molecule has 5 heteroatoms. The second kappa shape index (κ2) is 5.62. The van der Waals surface area contributed by atoms with Gasteiger partial charge in [0.1, 0.15) is 17.7 Å². The van der Waals surface area contributed by atoms with Crippen molar-refractivity contribution >= 4 is 33.2 Å². The summed E-state index contributed by atoms with van der Waals surface area (Å²) in [5.41, 5.74) is 1.99. The third-order valence-corrected chi connectivity index (χ3v) is 4.06. The highest BCUT2D eigenvalue weighted by Crippen LogP contribution is 2.31. The Morgan fingerprint density at radius 1 is 1.30 bits per heavy atom. The summed E-state index contributed by atoms with van der Waals surface area (Å²) in [5.74, 6) is 0.621. The maximum atomic E-state index is 13.1. The third kappa shape index (κ3) is 2.91. The van der Waals surface area contributed by atoms with Crippen LogP contribution in [0.2, 0.25) is 5.02 Å². The Morgan fingerprint density at radius 2 is 2.15 bits per heavy atom. The molecule has 3 rings (SSSR count). The molecule has 1 unspecified atom stereocenters. The van der Waals surface area contributed by atoms with E-state index in [1.54, 1.807) is 12.1 Å². The van der Waals surface area contributed by atoms with E-state index in [2.05, 4.69) is 21.2 Å². The lowest BCUT2D eigenvalue weighted by atomic mass is 10.1. The average molecular weight is 357 g/mol. The Hall–Kier alpha value is -1.26. The quantitative estimate of drug-likeness (QED) is 0.864. The van der Waals surface area contributed by atoms with Gasteiger partial charge in [-0.15, -0.1) is 0 Å². The van der Waals surface area contributed by atoms with E-state index >= 15 is 0 Å². The van der Waals surface area contributed by atoms with Gasteiger partial charge in [-0.1, -0.05) is 11.6 Å². The van der Waals surface area contributed by atoms with Crippen LogP contribution < -0.4 is 10.1 Å². The van der Waals surface area contributed by atoms with Crippen molar-refractivity contribution in [3.05, 3.63) is 57.3 Å². The lowest BCUT2D eigenvalue weighted by Crippen LogP contribution is -2.23. The molecule has 20 heavy (non-hydrogen) atoms. The van der Waals surface area contributed by atoms with E-state index < -0.39 is 0 Å². The molecule has 0 amide bonds. The van der Waals surface area contributed by atoms with Gasteiger partial charge in [0.2, 0.25) is 0 Å². The molecule has 0 spiro atoms. The highest BCUT2D eigenvalue weighted by Gasteiger charge is 2.22. The minimum Gasteiger partial charge on any atom is -0.488 e. The summed E-state index contributed by atoms with van der Waals surface area (Å²) in [6, 6.07) is 10.5. The summed E-state index contributed by atoms with van der Waals surface area (Å²) in [6.45, 7) is 0.657. The second-order valence-corrected chi connectivity index (χ2v) is 6.00. The first-order valence-corrected chi connectivity index (χ1v) is 7.43. The Bertz CT molecular complexity index is 650. The minimum absolute atomic E-state index is 0.0623. The number of benzene rings is 2. The molecule has 2 nitrogen and oxygen atoms in total. The molecule has 1 atom stereocenters. The second-order valence-electron chi connectivity index (χ2n) is 4.71. The largest absolute Gasteiger partial charge is 0.488 e. The highest BCUT2D eigenvalue weighted by atomic mass is 79.9. The van der Waals surface area contributed by atoms with Crippen LogP contribution in [0.25, 0.3) is 0 Å². The van der Waals surface area contributed by atoms with Gasteiger partial charge in [0.15, 0.2) is 0 Å². The SMILES string of the molecule is Fc1ccc(NCC2Cc3cc(Cl)ccc3O2)cc1Br. The van der Waals surface area contributed by atoms with Crippen LogP contribution in [-0.4, -0.2) is 12.6 Å². The first-order chi connectivity index (χ1) is 9.61. The minimum atomic E-state index is -0.269. The predicted molar refractivity (Wildman–Crippen MR) is 82.2 cm³/mol. The van der Waals surface area contributed by atoms with Crippen molar-refractivity contribution in [3.63, 3.8) is 0 Å². The van der Waals surface area contributed by atoms with Gasteiger partial charge >= 0.3 is 0 Å². The molecule has 0 fully saturated rings. The number of fused-ring (bicyclic) bond motifs is 1. The van der Waals surface area contributed by atoms with E-state index in [4.69, 9.17) is 16.3 Å². The molecule has 0 saturated carbocycles. The molecule has 0 bridgehead atoms. The van der Waals surface area contributed by atoms with Gasteiger partial charge in [0.25, 0.3) is 0 Å². The van der Waals surface area contributed by atoms with E-state index in [9.17, 15) is 4.39 Å². The summed E-state index contributed by atoms with van der Waals surface area (Å²) in [6.07, 6.45) is 0.887. The lowest BCUT2D eigenvalue weighted by Gasteiger charge is -2.13. The summed E-state index contributed by atoms with van der Waals surface area (Å²) < 4.78 is 19.4. The van der Waals surface area contributed by atoms with Crippen molar-refractivity contribution in [2.24, 2.45) is 0 Å². The zero-order valence-corrected chi connectivity index (χ0v) is 12.8. The van der Waals surface area contributed by atoms with Crippen LogP contribution in [0.3, 0.4) is 0 Å². The number of halogens is 3. The predicted octanol–water partition coefficient (Wildman–Crippen LogP) is 4.66. The molecular formula is C15H12BrClFNO. The fraction of sp³-hybridized carbons (Fsp3) is 0.200. The first kappa shape index (κ1) is 13.7. The molecule has 2 aromatic carbocycles. The van der Waals surface area contributed by atoms with Crippen molar-refractivity contribution < 1.29 is 9.13 Å². The van der Waals surface area contributed by atoms with Gasteiger partial charge in [-0.05, 0) is 57.9 Å². The monoisotopic (exact) mass is 355 g/mol. The number of rotatable bonds is 3. The van der Waals surface area contributed by atoms with Crippen molar-refractivity contribution in [3.8, 4) is 5.75 Å². The van der Waals surface area contributed by atoms with Crippen molar-refractivity contribution in [1.29, 1.82) is 0 Å². The molecule has 0 saturated heterocycles. The maximum Gasteiger partial charge on any atom is 0.137 e. The van der Waals surface area contributed by atoms with Gasteiger partial charge in [-0.25, -0.2) is 4.39 Å². The Labute approximate surface area is 130 Å². The topological polar surface area (TPSA) is 21.3 Å². The van der Waals surface area contributed by atoms with Crippen LogP contribution in [0, 0.1) is 5.82 Å². The highest BCUT2D eigenvalue weighted by molar-refractivity contribution is 9.10. The van der Waals surface area contributed by atoms with Gasteiger partial charge in [0.05, 0.1) is 11.0 Å². The summed E-state index contributed by atoms with van der Waals surface area (Å²) in [5, 5.41) is 3.97. The van der Waals surface area contributed by atoms with Gasteiger partial charge < -0.3 is 10.1 Å². The fourth-order valence-corrected chi connectivity index (χ4v) is 2.81. The standard InChI is InChI=1S/C15H12BrClFNO/c16-13-7-11(2-3-14(13)18)19-8-12-6-9-5-10(17)1-4-15(9)20-12/h1-5,7,12,19H,6,8H2. The number of ether oxygens (including phenoxy) is 1. The molecule has 1 N–H and O–H groups in total. The Kier molecular flexibility index (Phi) is 3.85. The zero-order chi connectivity index (χ0) is 14.1. The van der Waals surface area contributed by atoms with Gasteiger partial charge in [0, 0.05) is 17.1 Å². The van der Waals surface area contributed by atoms with Crippen LogP contribution in [0.4, 0.5) is 10.1 Å². The maximum absolute atomic E-state index is 13.1. The number of anilines is 1. The Morgan fingerprint density at radius 3 is 2.95 bits per heavy atom. The molecule has 2 aromatic rings. The molecule has 104 valence electrons. The van der Waals surface area contributed by atoms with Crippen LogP contribution in [-0.2, 0) is 6.42 Å². The normalized spacial score (nSPS) is 16.6. The average Bonchev–Trinajstić information content (AvgIpc) is 2.82. The molecule has 0 radical (unpaired) electrons. The first-order valence-electron chi connectivity index (χ1n) is 6.26. The smallest absolute Gasteiger partial charge is 0.137 e. The van der Waals surface area contributed by atoms with Crippen molar-refractivity contribution in [1.82, 2.24) is 0 Å². The molecule has 0 aromatic heterocycles. The van der Waals surface area contributed by atoms with Crippen molar-refractivity contribution in [2.75, 3.05) is 11.9 Å².